The fourth-order valence-corrected chi connectivity index (χ4v) is 3.55. The Labute approximate surface area is 154 Å². The van der Waals surface area contributed by atoms with Crippen molar-refractivity contribution in [3.8, 4) is 0 Å². The molecular weight excluding hydrogens is 358 g/mol. The number of fused-ring (bicyclic) bond motifs is 1. The van der Waals surface area contributed by atoms with E-state index in [0.717, 1.165) is 19.4 Å². The van der Waals surface area contributed by atoms with Crippen LogP contribution in [0.3, 0.4) is 0 Å². The molecule has 10 nitrogen and oxygen atoms in total. The number of nitrogens with one attached hydrogen (secondary N) is 2. The first-order chi connectivity index (χ1) is 12.5. The summed E-state index contributed by atoms with van der Waals surface area (Å²) in [5.74, 6) is 1.02. The normalized spacial score (nSPS) is 20.4. The molecule has 144 valence electrons. The van der Waals surface area contributed by atoms with E-state index in [2.05, 4.69) is 25.6 Å². The van der Waals surface area contributed by atoms with Crippen LogP contribution in [-0.2, 0) is 17.8 Å². The number of hydrogen-bond donors (Lipinski definition) is 4. The van der Waals surface area contributed by atoms with Gasteiger partial charge in [-0.2, -0.15) is 14.3 Å². The molecule has 3 rings (SSSR count). The lowest BCUT2D eigenvalue weighted by atomic mass is 10.2. The molecule has 1 aliphatic rings. The molecule has 2 aromatic rings. The van der Waals surface area contributed by atoms with Crippen LogP contribution in [0, 0.1) is 0 Å². The van der Waals surface area contributed by atoms with E-state index in [4.69, 9.17) is 0 Å². The predicted molar refractivity (Wildman–Crippen MR) is 100 cm³/mol. The molecule has 0 aliphatic carbocycles. The molecule has 3 atom stereocenters. The van der Waals surface area contributed by atoms with Crippen LogP contribution < -0.4 is 10.6 Å². The minimum atomic E-state index is -1.96. The summed E-state index contributed by atoms with van der Waals surface area (Å²) in [7, 11) is 0. The second-order valence-corrected chi connectivity index (χ2v) is 7.26. The molecule has 0 amide bonds. The van der Waals surface area contributed by atoms with Gasteiger partial charge in [-0.25, -0.2) is 9.19 Å². The third kappa shape index (κ3) is 3.95. The molecule has 2 aromatic heterocycles. The number of rotatable bonds is 8. The molecule has 3 heterocycles. The van der Waals surface area contributed by atoms with Crippen LogP contribution in [0.15, 0.2) is 6.33 Å². The Morgan fingerprint density at radius 3 is 2.85 bits per heavy atom. The summed E-state index contributed by atoms with van der Waals surface area (Å²) in [6, 6.07) is -0.124. The molecule has 1 aliphatic heterocycles. The summed E-state index contributed by atoms with van der Waals surface area (Å²) in [6.45, 7) is 5.71. The number of aryl methyl sites for hydroxylation is 1. The zero-order valence-electron chi connectivity index (χ0n) is 14.9. The van der Waals surface area contributed by atoms with E-state index >= 15 is 0 Å². The Morgan fingerprint density at radius 2 is 2.23 bits per heavy atom. The SMILES string of the molecule is CCC(CO)Nc1nc(NC2CCN(S(=O)O)C2)c2ncn(CC)c2n1. The molecule has 26 heavy (non-hydrogen) atoms. The van der Waals surface area contributed by atoms with Crippen molar-refractivity contribution in [3.63, 3.8) is 0 Å². The largest absolute Gasteiger partial charge is 0.394 e. The van der Waals surface area contributed by atoms with E-state index in [1.807, 2.05) is 18.4 Å². The second kappa shape index (κ2) is 8.25. The van der Waals surface area contributed by atoms with Gasteiger partial charge >= 0.3 is 0 Å². The third-order valence-corrected chi connectivity index (χ3v) is 5.34. The number of aliphatic hydroxyl groups excluding tert-OH is 1. The zero-order valence-corrected chi connectivity index (χ0v) is 15.7. The van der Waals surface area contributed by atoms with Crippen LogP contribution in [0.1, 0.15) is 26.7 Å². The molecule has 11 heteroatoms. The van der Waals surface area contributed by atoms with Crippen LogP contribution in [0.25, 0.3) is 11.2 Å². The summed E-state index contributed by atoms with van der Waals surface area (Å²) in [4.78, 5) is 13.5. The molecule has 4 N–H and O–H groups in total. The molecule has 0 aromatic carbocycles. The molecule has 0 radical (unpaired) electrons. The smallest absolute Gasteiger partial charge is 0.234 e. The van der Waals surface area contributed by atoms with Gasteiger partial charge in [-0.3, -0.25) is 4.55 Å². The van der Waals surface area contributed by atoms with Crippen molar-refractivity contribution in [2.24, 2.45) is 0 Å². The fourth-order valence-electron chi connectivity index (χ4n) is 2.98. The Kier molecular flexibility index (Phi) is 6.01. The van der Waals surface area contributed by atoms with Gasteiger partial charge in [-0.15, -0.1) is 0 Å². The molecule has 1 fully saturated rings. The molecule has 0 bridgehead atoms. The number of aromatic nitrogens is 4. The van der Waals surface area contributed by atoms with Crippen molar-refractivity contribution >= 4 is 34.2 Å². The maximum Gasteiger partial charge on any atom is 0.234 e. The number of aliphatic hydroxyl groups is 1. The Morgan fingerprint density at radius 1 is 1.42 bits per heavy atom. The van der Waals surface area contributed by atoms with Crippen molar-refractivity contribution in [1.29, 1.82) is 0 Å². The van der Waals surface area contributed by atoms with Gasteiger partial charge in [0.15, 0.2) is 17.0 Å². The zero-order chi connectivity index (χ0) is 18.7. The summed E-state index contributed by atoms with van der Waals surface area (Å²) >= 11 is -1.96. The first-order valence-corrected chi connectivity index (χ1v) is 9.84. The minimum absolute atomic E-state index is 0.00337. The van der Waals surface area contributed by atoms with Crippen LogP contribution >= 0.6 is 0 Å². The van der Waals surface area contributed by atoms with Crippen molar-refractivity contribution in [2.45, 2.75) is 45.3 Å². The lowest BCUT2D eigenvalue weighted by Gasteiger charge is -2.17. The maximum absolute atomic E-state index is 11.2. The second-order valence-electron chi connectivity index (χ2n) is 6.28. The van der Waals surface area contributed by atoms with Crippen molar-refractivity contribution in [2.75, 3.05) is 30.3 Å². The average Bonchev–Trinajstić information content (AvgIpc) is 3.26. The lowest BCUT2D eigenvalue weighted by Crippen LogP contribution is -2.28. The molecular formula is C15H25N7O3S. The number of imidazole rings is 1. The predicted octanol–water partition coefficient (Wildman–Crippen LogP) is 0.652. The first-order valence-electron chi connectivity index (χ1n) is 8.78. The van der Waals surface area contributed by atoms with Gasteiger partial charge < -0.3 is 20.3 Å². The van der Waals surface area contributed by atoms with Gasteiger partial charge in [0.25, 0.3) is 0 Å². The van der Waals surface area contributed by atoms with E-state index in [1.54, 1.807) is 6.33 Å². The Balaban J connectivity index is 1.90. The van der Waals surface area contributed by atoms with Crippen molar-refractivity contribution in [1.82, 2.24) is 23.8 Å². The maximum atomic E-state index is 11.2. The third-order valence-electron chi connectivity index (χ3n) is 4.56. The minimum Gasteiger partial charge on any atom is -0.394 e. The van der Waals surface area contributed by atoms with Gasteiger partial charge in [0.1, 0.15) is 0 Å². The van der Waals surface area contributed by atoms with E-state index in [1.165, 1.54) is 4.31 Å². The van der Waals surface area contributed by atoms with Gasteiger partial charge in [-0.05, 0) is 19.8 Å². The summed E-state index contributed by atoms with van der Waals surface area (Å²) < 4.78 is 23.9. The van der Waals surface area contributed by atoms with Crippen LogP contribution in [0.2, 0.25) is 0 Å². The highest BCUT2D eigenvalue weighted by Crippen LogP contribution is 2.24. The first kappa shape index (κ1) is 19.0. The highest BCUT2D eigenvalue weighted by Gasteiger charge is 2.27. The van der Waals surface area contributed by atoms with E-state index < -0.39 is 11.3 Å². The van der Waals surface area contributed by atoms with Gasteiger partial charge in [-0.1, -0.05) is 6.92 Å². The van der Waals surface area contributed by atoms with E-state index in [0.29, 0.717) is 36.0 Å². The van der Waals surface area contributed by atoms with Crippen LogP contribution in [0.4, 0.5) is 11.8 Å². The molecule has 0 saturated carbocycles. The van der Waals surface area contributed by atoms with Crippen molar-refractivity contribution in [3.05, 3.63) is 6.33 Å². The number of anilines is 2. The van der Waals surface area contributed by atoms with Crippen molar-refractivity contribution < 1.29 is 13.9 Å². The monoisotopic (exact) mass is 383 g/mol. The average molecular weight is 383 g/mol. The standard InChI is InChI=1S/C15H25N7O3S/c1-3-10(8-23)18-15-19-13(12-14(20-15)21(4-2)9-16-12)17-11-5-6-22(7-11)26(24)25/h9-11,23H,3-8H2,1-2H3,(H,24,25)(H2,17,18,19,20). The molecule has 1 saturated heterocycles. The highest BCUT2D eigenvalue weighted by atomic mass is 32.2. The summed E-state index contributed by atoms with van der Waals surface area (Å²) in [5.41, 5.74) is 1.37. The highest BCUT2D eigenvalue weighted by molar-refractivity contribution is 7.76. The van der Waals surface area contributed by atoms with Gasteiger partial charge in [0.05, 0.1) is 19.0 Å². The van der Waals surface area contributed by atoms with E-state index in [9.17, 15) is 13.9 Å². The van der Waals surface area contributed by atoms with E-state index in [-0.39, 0.29) is 18.7 Å². The van der Waals surface area contributed by atoms with Crippen LogP contribution in [0.5, 0.6) is 0 Å². The number of hydrogen-bond acceptors (Lipinski definition) is 7. The topological polar surface area (TPSA) is 128 Å². The fraction of sp³-hybridized carbons (Fsp3) is 0.667. The van der Waals surface area contributed by atoms with Crippen LogP contribution in [-0.4, -0.2) is 69.5 Å². The molecule has 3 unspecified atom stereocenters. The lowest BCUT2D eigenvalue weighted by molar-refractivity contribution is 0.271. The Hall–Kier alpha value is -1.82. The quantitative estimate of drug-likeness (QED) is 0.489. The summed E-state index contributed by atoms with van der Waals surface area (Å²) in [6.07, 6.45) is 3.21. The van der Waals surface area contributed by atoms with Gasteiger partial charge in [0, 0.05) is 25.7 Å². The number of nitrogens with zero attached hydrogens (tertiary/aromatic N) is 5. The van der Waals surface area contributed by atoms with Gasteiger partial charge in [0.2, 0.25) is 17.2 Å². The molecule has 0 spiro atoms. The Bertz CT molecular complexity index is 780. The summed E-state index contributed by atoms with van der Waals surface area (Å²) in [5, 5.41) is 15.9.